The molecule has 2 aliphatic heterocycles. The number of nitrogens with one attached hydrogen (secondary N) is 2. The van der Waals surface area contributed by atoms with Crippen molar-refractivity contribution in [2.24, 2.45) is 40.4 Å². The summed E-state index contributed by atoms with van der Waals surface area (Å²) in [6, 6.07) is 17.5. The molecule has 2 N–H and O–H groups in total. The third-order valence-electron chi connectivity index (χ3n) is 11.8. The van der Waals surface area contributed by atoms with E-state index in [4.69, 9.17) is 0 Å². The normalized spacial score (nSPS) is 36.5. The quantitative estimate of drug-likeness (QED) is 0.210. The second kappa shape index (κ2) is 11.6. The molecule has 6 aliphatic rings. The first-order chi connectivity index (χ1) is 18.2. The molecule has 2 aromatic rings. The second-order valence-corrected chi connectivity index (χ2v) is 16.7. The van der Waals surface area contributed by atoms with Gasteiger partial charge in [0.2, 0.25) is 0 Å². The fourth-order valence-electron chi connectivity index (χ4n) is 10.4. The van der Waals surface area contributed by atoms with Crippen molar-refractivity contribution in [1.82, 2.24) is 10.6 Å². The van der Waals surface area contributed by atoms with E-state index in [1.54, 1.807) is 11.1 Å². The Labute approximate surface area is 254 Å². The predicted octanol–water partition coefficient (Wildman–Crippen LogP) is 7.43. The number of hydrogen-bond acceptors (Lipinski definition) is 2. The standard InChI is InChI=1S/C29H47N2P2.C5H5.Fe/c1-26(2,3)29(33,27-14-19-11-20(15-27)13-21(12-19)16-27)25-6-4-5-24(25)28(32,22-7-9-30-17-22)23-8-10-31-18-23;1-2-4-5-3-1;/h4-6,19-23,30-31H,7-18,32-33H2,1-3H3;1-5H;/q-1;-5;. The minimum atomic E-state index is 0. The molecule has 2 saturated heterocycles. The Kier molecular flexibility index (Phi) is 9.05. The summed E-state index contributed by atoms with van der Waals surface area (Å²) in [5, 5.41) is 7.74. The fraction of sp³-hybridized carbons (Fsp3) is 0.706. The van der Waals surface area contributed by atoms with Crippen LogP contribution in [0.5, 0.6) is 0 Å². The Balaban J connectivity index is 0.000000464. The summed E-state index contributed by atoms with van der Waals surface area (Å²) < 4.78 is 0. The summed E-state index contributed by atoms with van der Waals surface area (Å²) in [5.41, 5.74) is 4.02. The van der Waals surface area contributed by atoms with Crippen LogP contribution in [0, 0.1) is 40.4 Å². The first kappa shape index (κ1) is 30.5. The third kappa shape index (κ3) is 5.13. The summed E-state index contributed by atoms with van der Waals surface area (Å²) in [4.78, 5) is 0. The van der Waals surface area contributed by atoms with E-state index in [1.165, 1.54) is 77.5 Å². The molecule has 6 fully saturated rings. The van der Waals surface area contributed by atoms with Crippen molar-refractivity contribution in [2.45, 2.75) is 82.4 Å². The number of rotatable bonds is 5. The van der Waals surface area contributed by atoms with Crippen molar-refractivity contribution in [1.29, 1.82) is 0 Å². The average Bonchev–Trinajstić information content (AvgIpc) is 3.71. The van der Waals surface area contributed by atoms with Crippen LogP contribution in [0.4, 0.5) is 0 Å². The zero-order chi connectivity index (χ0) is 26.6. The summed E-state index contributed by atoms with van der Waals surface area (Å²) in [6.07, 6.45) is 11.6. The molecule has 39 heavy (non-hydrogen) atoms. The Bertz CT molecular complexity index is 989. The molecule has 8 rings (SSSR count). The summed E-state index contributed by atoms with van der Waals surface area (Å²) in [7, 11) is 7.11. The molecule has 4 aliphatic carbocycles. The largest absolute Gasteiger partial charge is 0.748 e. The molecule has 5 heteroatoms. The van der Waals surface area contributed by atoms with Crippen LogP contribution in [-0.2, 0) is 27.4 Å². The van der Waals surface area contributed by atoms with Gasteiger partial charge in [-0.2, -0.15) is 11.6 Å². The van der Waals surface area contributed by atoms with Crippen molar-refractivity contribution >= 4 is 18.5 Å². The third-order valence-corrected chi connectivity index (χ3v) is 14.8. The van der Waals surface area contributed by atoms with Gasteiger partial charge >= 0.3 is 0 Å². The van der Waals surface area contributed by atoms with Crippen molar-refractivity contribution in [2.75, 3.05) is 26.2 Å². The van der Waals surface area contributed by atoms with Crippen LogP contribution < -0.4 is 10.6 Å². The van der Waals surface area contributed by atoms with Gasteiger partial charge in [0.05, 0.1) is 0 Å². The van der Waals surface area contributed by atoms with Crippen LogP contribution in [0.1, 0.15) is 83.3 Å². The molecular weight excluding hydrogens is 554 g/mol. The maximum Gasteiger partial charge on any atom is 0 e. The summed E-state index contributed by atoms with van der Waals surface area (Å²) in [6.45, 7) is 12.3. The van der Waals surface area contributed by atoms with E-state index >= 15 is 0 Å². The van der Waals surface area contributed by atoms with Crippen molar-refractivity contribution in [3.05, 3.63) is 59.7 Å². The molecule has 0 radical (unpaired) electrons. The Morgan fingerprint density at radius 1 is 0.821 bits per heavy atom. The van der Waals surface area contributed by atoms with Crippen LogP contribution >= 0.6 is 18.5 Å². The topological polar surface area (TPSA) is 24.1 Å². The summed E-state index contributed by atoms with van der Waals surface area (Å²) >= 11 is 0. The van der Waals surface area contributed by atoms with Gasteiger partial charge < -0.3 is 41.0 Å². The van der Waals surface area contributed by atoms with Crippen LogP contribution in [-0.4, -0.2) is 26.2 Å². The molecule has 0 amide bonds. The molecule has 5 unspecified atom stereocenters. The molecule has 2 aromatic carbocycles. The maximum absolute atomic E-state index is 3.72. The molecule has 4 saturated carbocycles. The van der Waals surface area contributed by atoms with Gasteiger partial charge in [-0.25, -0.2) is 12.1 Å². The molecule has 2 heterocycles. The van der Waals surface area contributed by atoms with Gasteiger partial charge in [-0.05, 0) is 128 Å². The van der Waals surface area contributed by atoms with Crippen molar-refractivity contribution < 1.29 is 17.1 Å². The van der Waals surface area contributed by atoms with Gasteiger partial charge in [0, 0.05) is 17.1 Å². The molecule has 5 atom stereocenters. The van der Waals surface area contributed by atoms with E-state index in [1.807, 2.05) is 30.3 Å². The Morgan fingerprint density at radius 2 is 1.28 bits per heavy atom. The zero-order valence-corrected chi connectivity index (χ0v) is 27.9. The van der Waals surface area contributed by atoms with Gasteiger partial charge in [0.1, 0.15) is 0 Å². The SMILES string of the molecule is CC(C)(C)C(P)([c-]1cccc1C(P)(C1CCNC1)C1CCNC1)C12CC3CC(CC(C3)C1)C2.[Fe].[cH-]1[cH-][cH-][cH-][cH-]1. The van der Waals surface area contributed by atoms with Gasteiger partial charge in [0.25, 0.3) is 0 Å². The molecule has 4 bridgehead atoms. The van der Waals surface area contributed by atoms with E-state index in [-0.39, 0.29) is 32.8 Å². The van der Waals surface area contributed by atoms with E-state index in [2.05, 4.69) is 68.1 Å². The predicted molar refractivity (Wildman–Crippen MR) is 169 cm³/mol. The van der Waals surface area contributed by atoms with Crippen LogP contribution in [0.15, 0.2) is 48.5 Å². The van der Waals surface area contributed by atoms with Crippen molar-refractivity contribution in [3.63, 3.8) is 0 Å². The van der Waals surface area contributed by atoms with Crippen LogP contribution in [0.25, 0.3) is 0 Å². The molecule has 0 aromatic heterocycles. The van der Waals surface area contributed by atoms with Crippen LogP contribution in [0.3, 0.4) is 0 Å². The number of hydrogen-bond donors (Lipinski definition) is 2. The second-order valence-electron chi connectivity index (χ2n) is 14.9. The van der Waals surface area contributed by atoms with Crippen molar-refractivity contribution in [3.8, 4) is 0 Å². The molecular formula is C34H52FeN2P2-6. The van der Waals surface area contributed by atoms with Gasteiger partial charge in [-0.1, -0.05) is 20.8 Å². The maximum atomic E-state index is 3.72. The van der Waals surface area contributed by atoms with Gasteiger partial charge in [-0.15, -0.1) is 24.0 Å². The molecule has 222 valence electrons. The first-order valence-electron chi connectivity index (χ1n) is 15.6. The van der Waals surface area contributed by atoms with E-state index < -0.39 is 0 Å². The molecule has 0 spiro atoms. The monoisotopic (exact) mass is 606 g/mol. The van der Waals surface area contributed by atoms with Gasteiger partial charge in [-0.3, -0.25) is 0 Å². The van der Waals surface area contributed by atoms with E-state index in [9.17, 15) is 0 Å². The van der Waals surface area contributed by atoms with Crippen LogP contribution in [0.2, 0.25) is 0 Å². The minimum Gasteiger partial charge on any atom is -0.748 e. The van der Waals surface area contributed by atoms with E-state index in [0.717, 1.165) is 17.8 Å². The fourth-order valence-corrected chi connectivity index (χ4v) is 11.9. The Hall–Kier alpha value is -0.000519. The Morgan fingerprint density at radius 3 is 1.67 bits per heavy atom. The zero-order valence-electron chi connectivity index (χ0n) is 24.5. The van der Waals surface area contributed by atoms with Gasteiger partial charge in [0.15, 0.2) is 0 Å². The smallest absolute Gasteiger partial charge is 0 e. The summed E-state index contributed by atoms with van der Waals surface area (Å²) in [5.74, 6) is 4.36. The molecule has 2 nitrogen and oxygen atoms in total. The first-order valence-corrected chi connectivity index (χ1v) is 16.8. The van der Waals surface area contributed by atoms with E-state index in [0.29, 0.717) is 17.3 Å². The minimum absolute atomic E-state index is 0. The average molecular weight is 607 g/mol.